The molecule has 0 saturated heterocycles. The Balaban J connectivity index is 2.50. The number of benzene rings is 1. The van der Waals surface area contributed by atoms with Crippen LogP contribution in [0.5, 0.6) is 0 Å². The fourth-order valence-corrected chi connectivity index (χ4v) is 3.13. The van der Waals surface area contributed by atoms with E-state index < -0.39 is 17.8 Å². The fourth-order valence-electron chi connectivity index (χ4n) is 3.13. The molecule has 8 nitrogen and oxygen atoms in total. The zero-order valence-corrected chi connectivity index (χ0v) is 15.9. The number of ether oxygens (including phenoxy) is 1. The van der Waals surface area contributed by atoms with Crippen LogP contribution in [0.4, 0.5) is 5.82 Å². The van der Waals surface area contributed by atoms with Crippen molar-refractivity contribution in [3.63, 3.8) is 0 Å². The van der Waals surface area contributed by atoms with Crippen LogP contribution in [-0.2, 0) is 20.9 Å². The second-order valence-electron chi connectivity index (χ2n) is 6.08. The summed E-state index contributed by atoms with van der Waals surface area (Å²) in [6.45, 7) is 8.27. The lowest BCUT2D eigenvalue weighted by Gasteiger charge is -2.20. The lowest BCUT2D eigenvalue weighted by Crippen LogP contribution is -2.36. The maximum atomic E-state index is 12.8. The van der Waals surface area contributed by atoms with E-state index in [0.29, 0.717) is 16.7 Å². The maximum absolute atomic E-state index is 12.8. The summed E-state index contributed by atoms with van der Waals surface area (Å²) >= 11 is 0. The second-order valence-corrected chi connectivity index (χ2v) is 6.08. The molecule has 0 aliphatic rings. The molecule has 2 amide bonds. The van der Waals surface area contributed by atoms with Crippen molar-refractivity contribution in [1.29, 1.82) is 0 Å². The van der Waals surface area contributed by atoms with E-state index in [-0.39, 0.29) is 30.0 Å². The van der Waals surface area contributed by atoms with Crippen LogP contribution in [0, 0.1) is 0 Å². The van der Waals surface area contributed by atoms with E-state index in [2.05, 4.69) is 16.5 Å². The Kier molecular flexibility index (Phi) is 5.21. The summed E-state index contributed by atoms with van der Waals surface area (Å²) in [5.74, 6) is -1.66. The van der Waals surface area contributed by atoms with E-state index in [1.54, 1.807) is 29.7 Å². The van der Waals surface area contributed by atoms with Gasteiger partial charge in [-0.15, -0.1) is 6.58 Å². The Morgan fingerprint density at radius 2 is 1.75 bits per heavy atom. The van der Waals surface area contributed by atoms with E-state index in [1.807, 2.05) is 12.1 Å². The minimum atomic E-state index is -0.678. The highest BCUT2D eigenvalue weighted by Gasteiger charge is 2.33. The molecule has 0 N–H and O–H groups in total. The molecule has 3 rings (SSSR count). The van der Waals surface area contributed by atoms with E-state index in [4.69, 9.17) is 4.74 Å². The van der Waals surface area contributed by atoms with Crippen LogP contribution in [0.2, 0.25) is 0 Å². The fraction of sp³-hybridized carbons (Fsp3) is 0.250. The number of allylic oxidation sites excluding steroid dienone is 1. The van der Waals surface area contributed by atoms with Crippen molar-refractivity contribution >= 4 is 45.8 Å². The highest BCUT2D eigenvalue weighted by Crippen LogP contribution is 2.33. The van der Waals surface area contributed by atoms with Crippen molar-refractivity contribution in [3.05, 3.63) is 42.5 Å². The monoisotopic (exact) mass is 380 g/mol. The molecule has 8 heteroatoms. The Morgan fingerprint density at radius 1 is 1.14 bits per heavy atom. The number of amides is 2. The van der Waals surface area contributed by atoms with Crippen LogP contribution >= 0.6 is 0 Å². The van der Waals surface area contributed by atoms with Gasteiger partial charge in [-0.3, -0.25) is 9.59 Å². The molecule has 0 bridgehead atoms. The van der Waals surface area contributed by atoms with Gasteiger partial charge in [0.15, 0.2) is 5.65 Å². The normalized spacial score (nSPS) is 10.8. The van der Waals surface area contributed by atoms with Crippen LogP contribution in [0.1, 0.15) is 31.1 Å². The van der Waals surface area contributed by atoms with Gasteiger partial charge < -0.3 is 9.30 Å². The largest absolute Gasteiger partial charge is 0.462 e. The van der Waals surface area contributed by atoms with Crippen LogP contribution < -0.4 is 4.90 Å². The highest BCUT2D eigenvalue weighted by molar-refractivity contribution is 6.19. The Bertz CT molecular complexity index is 1100. The first-order chi connectivity index (χ1) is 13.4. The lowest BCUT2D eigenvalue weighted by atomic mass is 10.2. The van der Waals surface area contributed by atoms with Crippen molar-refractivity contribution in [3.8, 4) is 0 Å². The molecule has 0 unspecified atom stereocenters. The quantitative estimate of drug-likeness (QED) is 0.499. The lowest BCUT2D eigenvalue weighted by molar-refractivity contribution is -0.124. The minimum Gasteiger partial charge on any atom is -0.462 e. The number of esters is 1. The van der Waals surface area contributed by atoms with Gasteiger partial charge in [0.1, 0.15) is 16.9 Å². The van der Waals surface area contributed by atoms with Crippen molar-refractivity contribution in [2.75, 3.05) is 11.5 Å². The molecule has 0 fully saturated rings. The van der Waals surface area contributed by atoms with Crippen LogP contribution in [-0.4, -0.2) is 38.9 Å². The summed E-state index contributed by atoms with van der Waals surface area (Å²) in [5, 5.41) is 0. The number of imide groups is 1. The molecular formula is C20H20N4O4. The number of nitrogens with zero attached hydrogens (tertiary/aromatic N) is 4. The summed E-state index contributed by atoms with van der Waals surface area (Å²) in [6.07, 6.45) is 1.59. The van der Waals surface area contributed by atoms with Gasteiger partial charge in [0.05, 0.1) is 17.6 Å². The average Bonchev–Trinajstić information content (AvgIpc) is 2.93. The molecule has 3 aromatic rings. The number of hydrogen-bond acceptors (Lipinski definition) is 6. The Morgan fingerprint density at radius 3 is 2.29 bits per heavy atom. The predicted molar refractivity (Wildman–Crippen MR) is 105 cm³/mol. The molecule has 1 aromatic carbocycles. The topological polar surface area (TPSA) is 94.4 Å². The number of fused-ring (bicyclic) bond motifs is 2. The SMILES string of the molecule is C=CCn1c(N(C(C)=O)C(C)=O)c(C(=O)OCC)c2nc3ccccc3nc21. The van der Waals surface area contributed by atoms with Gasteiger partial charge in [-0.2, -0.15) is 0 Å². The van der Waals surface area contributed by atoms with Crippen LogP contribution in [0.15, 0.2) is 36.9 Å². The van der Waals surface area contributed by atoms with E-state index in [0.717, 1.165) is 4.90 Å². The third-order valence-corrected chi connectivity index (χ3v) is 4.16. The number of aromatic nitrogens is 3. The zero-order chi connectivity index (χ0) is 20.4. The van der Waals surface area contributed by atoms with Gasteiger partial charge in [0.2, 0.25) is 11.8 Å². The summed E-state index contributed by atoms with van der Waals surface area (Å²) in [6, 6.07) is 7.21. The van der Waals surface area contributed by atoms with Crippen LogP contribution in [0.25, 0.3) is 22.2 Å². The highest BCUT2D eigenvalue weighted by atomic mass is 16.5. The van der Waals surface area contributed by atoms with E-state index in [9.17, 15) is 14.4 Å². The molecule has 28 heavy (non-hydrogen) atoms. The van der Waals surface area contributed by atoms with E-state index >= 15 is 0 Å². The first-order valence-electron chi connectivity index (χ1n) is 8.78. The molecular weight excluding hydrogens is 360 g/mol. The van der Waals surface area contributed by atoms with Gasteiger partial charge in [-0.25, -0.2) is 19.7 Å². The van der Waals surface area contributed by atoms with Crippen molar-refractivity contribution in [2.45, 2.75) is 27.3 Å². The first-order valence-corrected chi connectivity index (χ1v) is 8.78. The van der Waals surface area contributed by atoms with Crippen LogP contribution in [0.3, 0.4) is 0 Å². The standard InChI is InChI=1S/C20H20N4O4/c1-5-11-23-18-17(21-14-9-7-8-10-15(14)22-18)16(20(27)28-6-2)19(23)24(12(3)25)13(4)26/h5,7-10H,1,6,11H2,2-4H3. The summed E-state index contributed by atoms with van der Waals surface area (Å²) in [4.78, 5) is 47.5. The number of anilines is 1. The zero-order valence-electron chi connectivity index (χ0n) is 15.9. The molecule has 0 aliphatic carbocycles. The van der Waals surface area contributed by atoms with Gasteiger partial charge >= 0.3 is 5.97 Å². The third-order valence-electron chi connectivity index (χ3n) is 4.16. The van der Waals surface area contributed by atoms with Crippen molar-refractivity contribution in [1.82, 2.24) is 14.5 Å². The Labute approximate surface area is 161 Å². The first kappa shape index (κ1) is 19.2. The van der Waals surface area contributed by atoms with E-state index in [1.165, 1.54) is 13.8 Å². The average molecular weight is 380 g/mol. The Hall–Kier alpha value is -3.55. The molecule has 0 radical (unpaired) electrons. The predicted octanol–water partition coefficient (Wildman–Crippen LogP) is 2.85. The van der Waals surface area contributed by atoms with Crippen molar-refractivity contribution in [2.24, 2.45) is 0 Å². The molecule has 144 valence electrons. The maximum Gasteiger partial charge on any atom is 0.344 e. The van der Waals surface area contributed by atoms with Gasteiger partial charge in [0.25, 0.3) is 0 Å². The van der Waals surface area contributed by atoms with Gasteiger partial charge in [0, 0.05) is 20.4 Å². The number of para-hydroxylation sites is 2. The summed E-state index contributed by atoms with van der Waals surface area (Å²) in [5.41, 5.74) is 1.87. The molecule has 0 saturated carbocycles. The molecule has 0 aliphatic heterocycles. The minimum absolute atomic E-state index is 0.0300. The third kappa shape index (κ3) is 3.13. The molecule has 0 atom stereocenters. The van der Waals surface area contributed by atoms with Gasteiger partial charge in [-0.05, 0) is 19.1 Å². The van der Waals surface area contributed by atoms with Gasteiger partial charge in [-0.1, -0.05) is 18.2 Å². The van der Waals surface area contributed by atoms with Crippen molar-refractivity contribution < 1.29 is 19.1 Å². The number of rotatable bonds is 5. The second kappa shape index (κ2) is 7.59. The molecule has 2 aromatic heterocycles. The summed E-state index contributed by atoms with van der Waals surface area (Å²) < 4.78 is 6.77. The molecule has 0 spiro atoms. The summed E-state index contributed by atoms with van der Waals surface area (Å²) in [7, 11) is 0. The number of carbonyl (C=O) groups excluding carboxylic acids is 3. The smallest absolute Gasteiger partial charge is 0.344 e. The molecule has 2 heterocycles. The number of hydrogen-bond donors (Lipinski definition) is 0. The number of carbonyl (C=O) groups is 3.